The Morgan fingerprint density at radius 2 is 2.10 bits per heavy atom. The number of anilines is 1. The van der Waals surface area contributed by atoms with Crippen LogP contribution in [0.3, 0.4) is 0 Å². The zero-order chi connectivity index (χ0) is 21.4. The molecule has 2 aromatic heterocycles. The van der Waals surface area contributed by atoms with E-state index in [1.54, 1.807) is 0 Å². The topological polar surface area (TPSA) is 63.3 Å². The molecule has 31 heavy (non-hydrogen) atoms. The first-order chi connectivity index (χ1) is 15.1. The number of urea groups is 1. The van der Waals surface area contributed by atoms with E-state index in [-0.39, 0.29) is 11.9 Å². The van der Waals surface area contributed by atoms with Crippen molar-refractivity contribution >= 4 is 33.7 Å². The predicted molar refractivity (Wildman–Crippen MR) is 123 cm³/mol. The predicted octanol–water partition coefficient (Wildman–Crippen LogP) is 5.85. The summed E-state index contributed by atoms with van der Waals surface area (Å²) >= 11 is 0. The second kappa shape index (κ2) is 8.10. The van der Waals surface area contributed by atoms with Crippen LogP contribution in [-0.4, -0.2) is 33.6 Å². The molecule has 6 heteroatoms. The third-order valence-electron chi connectivity index (χ3n) is 5.95. The number of fused-ring (bicyclic) bond motifs is 2. The Bertz CT molecular complexity index is 1190. The lowest BCUT2D eigenvalue weighted by Crippen LogP contribution is -2.41. The summed E-state index contributed by atoms with van der Waals surface area (Å²) in [6.07, 6.45) is 4.03. The van der Waals surface area contributed by atoms with Gasteiger partial charge < -0.3 is 19.2 Å². The number of nitrogens with zero attached hydrogens (tertiary/aromatic N) is 3. The van der Waals surface area contributed by atoms with E-state index in [0.717, 1.165) is 54.0 Å². The van der Waals surface area contributed by atoms with E-state index >= 15 is 0 Å². The van der Waals surface area contributed by atoms with Gasteiger partial charge in [0, 0.05) is 42.4 Å². The summed E-state index contributed by atoms with van der Waals surface area (Å²) in [6.45, 7) is 6.78. The van der Waals surface area contributed by atoms with Gasteiger partial charge in [-0.3, -0.25) is 0 Å². The Balaban J connectivity index is 1.28. The van der Waals surface area contributed by atoms with Gasteiger partial charge in [0.15, 0.2) is 11.5 Å². The monoisotopic (exact) mass is 416 g/mol. The molecular weight excluding hydrogens is 388 g/mol. The molecular formula is C25H28N4O2. The van der Waals surface area contributed by atoms with E-state index in [1.807, 2.05) is 41.3 Å². The smallest absolute Gasteiger partial charge is 0.321 e. The lowest BCUT2D eigenvalue weighted by atomic mass is 9.98. The second-order valence-corrected chi connectivity index (χ2v) is 8.87. The number of likely N-dealkylation sites (tertiary alicyclic amines) is 1. The maximum atomic E-state index is 13.0. The first-order valence-electron chi connectivity index (χ1n) is 11.1. The van der Waals surface area contributed by atoms with Gasteiger partial charge in [-0.25, -0.2) is 9.78 Å². The molecule has 1 fully saturated rings. The van der Waals surface area contributed by atoms with Gasteiger partial charge in [-0.15, -0.1) is 0 Å². The van der Waals surface area contributed by atoms with Gasteiger partial charge in [-0.1, -0.05) is 26.0 Å². The summed E-state index contributed by atoms with van der Waals surface area (Å²) in [5, 5.41) is 4.22. The van der Waals surface area contributed by atoms with Crippen molar-refractivity contribution in [1.29, 1.82) is 0 Å². The van der Waals surface area contributed by atoms with Crippen molar-refractivity contribution in [3.8, 4) is 0 Å². The summed E-state index contributed by atoms with van der Waals surface area (Å²) in [6, 6.07) is 16.0. The molecule has 0 aliphatic carbocycles. The number of hydrogen-bond acceptors (Lipinski definition) is 3. The number of benzene rings is 2. The van der Waals surface area contributed by atoms with Crippen LogP contribution >= 0.6 is 0 Å². The highest BCUT2D eigenvalue weighted by atomic mass is 16.3. The molecule has 1 aliphatic rings. The van der Waals surface area contributed by atoms with Crippen LogP contribution in [0.5, 0.6) is 0 Å². The maximum absolute atomic E-state index is 13.0. The van der Waals surface area contributed by atoms with Crippen molar-refractivity contribution in [2.45, 2.75) is 39.2 Å². The number of hydrogen-bond donors (Lipinski definition) is 1. The van der Waals surface area contributed by atoms with E-state index in [1.165, 1.54) is 5.52 Å². The Hall–Kier alpha value is -3.28. The average molecular weight is 417 g/mol. The van der Waals surface area contributed by atoms with Crippen molar-refractivity contribution in [2.24, 2.45) is 5.92 Å². The Morgan fingerprint density at radius 3 is 2.94 bits per heavy atom. The number of aromatic nitrogens is 2. The molecule has 2 amide bonds. The fraction of sp³-hybridized carbons (Fsp3) is 0.360. The van der Waals surface area contributed by atoms with Gasteiger partial charge in [-0.05, 0) is 55.2 Å². The van der Waals surface area contributed by atoms with Gasteiger partial charge in [0.25, 0.3) is 0 Å². The standard InChI is InChI=1S/C25H28N4O2/c1-17(2)15-28-13-11-18-14-20(9-10-22(18)28)26-25(30)29-12-5-6-19(16-29)24-27-21-7-3-4-8-23(21)31-24/h3-4,7-11,13-14,17,19H,5-6,12,15-16H2,1-2H3,(H,26,30). The van der Waals surface area contributed by atoms with Crippen LogP contribution in [0.25, 0.3) is 22.0 Å². The molecule has 2 aromatic carbocycles. The van der Waals surface area contributed by atoms with Crippen LogP contribution in [0, 0.1) is 5.92 Å². The Kier molecular flexibility index (Phi) is 5.14. The number of carbonyl (C=O) groups is 1. The zero-order valence-electron chi connectivity index (χ0n) is 18.0. The molecule has 0 spiro atoms. The van der Waals surface area contributed by atoms with Gasteiger partial charge >= 0.3 is 6.03 Å². The van der Waals surface area contributed by atoms with Crippen LogP contribution < -0.4 is 5.32 Å². The quantitative estimate of drug-likeness (QED) is 0.454. The number of nitrogens with one attached hydrogen (secondary N) is 1. The lowest BCUT2D eigenvalue weighted by Gasteiger charge is -2.31. The molecule has 1 atom stereocenters. The summed E-state index contributed by atoms with van der Waals surface area (Å²) in [7, 11) is 0. The van der Waals surface area contributed by atoms with Gasteiger partial charge in [0.1, 0.15) is 5.52 Å². The number of piperidine rings is 1. The highest BCUT2D eigenvalue weighted by Crippen LogP contribution is 2.29. The fourth-order valence-electron chi connectivity index (χ4n) is 4.46. The molecule has 1 saturated heterocycles. The normalized spacial score (nSPS) is 17.0. The summed E-state index contributed by atoms with van der Waals surface area (Å²) in [5.74, 6) is 1.44. The van der Waals surface area contributed by atoms with Gasteiger partial charge in [-0.2, -0.15) is 0 Å². The first kappa shape index (κ1) is 19.7. The summed E-state index contributed by atoms with van der Waals surface area (Å²) in [5.41, 5.74) is 3.69. The van der Waals surface area contributed by atoms with Crippen molar-refractivity contribution in [1.82, 2.24) is 14.5 Å². The van der Waals surface area contributed by atoms with E-state index < -0.39 is 0 Å². The van der Waals surface area contributed by atoms with Crippen molar-refractivity contribution in [2.75, 3.05) is 18.4 Å². The first-order valence-corrected chi connectivity index (χ1v) is 11.1. The highest BCUT2D eigenvalue weighted by Gasteiger charge is 2.28. The summed E-state index contributed by atoms with van der Waals surface area (Å²) < 4.78 is 8.22. The molecule has 3 heterocycles. The minimum atomic E-state index is -0.0678. The minimum Gasteiger partial charge on any atom is -0.440 e. The SMILES string of the molecule is CC(C)Cn1ccc2cc(NC(=O)N3CCCC(c4nc5ccccc5o4)C3)ccc21. The molecule has 4 aromatic rings. The number of oxazole rings is 1. The van der Waals surface area contributed by atoms with Gasteiger partial charge in [0.2, 0.25) is 0 Å². The summed E-state index contributed by atoms with van der Waals surface area (Å²) in [4.78, 5) is 19.5. The molecule has 160 valence electrons. The zero-order valence-corrected chi connectivity index (χ0v) is 18.0. The van der Waals surface area contributed by atoms with Crippen LogP contribution in [-0.2, 0) is 6.54 Å². The van der Waals surface area contributed by atoms with E-state index in [2.05, 4.69) is 47.0 Å². The average Bonchev–Trinajstić information content (AvgIpc) is 3.37. The van der Waals surface area contributed by atoms with E-state index in [0.29, 0.717) is 12.5 Å². The molecule has 1 aliphatic heterocycles. The van der Waals surface area contributed by atoms with Gasteiger partial charge in [0.05, 0.1) is 5.92 Å². The Labute approximate surface area is 181 Å². The molecule has 1 N–H and O–H groups in total. The van der Waals surface area contributed by atoms with Crippen LogP contribution in [0.4, 0.5) is 10.5 Å². The highest BCUT2D eigenvalue weighted by molar-refractivity contribution is 5.93. The number of para-hydroxylation sites is 2. The van der Waals surface area contributed by atoms with Crippen LogP contribution in [0.1, 0.15) is 38.5 Å². The maximum Gasteiger partial charge on any atom is 0.321 e. The number of amides is 2. The minimum absolute atomic E-state index is 0.0678. The lowest BCUT2D eigenvalue weighted by molar-refractivity contribution is 0.187. The molecule has 0 saturated carbocycles. The van der Waals surface area contributed by atoms with Crippen molar-refractivity contribution in [3.63, 3.8) is 0 Å². The van der Waals surface area contributed by atoms with Crippen LogP contribution in [0.15, 0.2) is 59.1 Å². The molecule has 0 bridgehead atoms. The number of carbonyl (C=O) groups excluding carboxylic acids is 1. The Morgan fingerprint density at radius 1 is 1.23 bits per heavy atom. The second-order valence-electron chi connectivity index (χ2n) is 8.87. The third-order valence-corrected chi connectivity index (χ3v) is 5.95. The van der Waals surface area contributed by atoms with E-state index in [4.69, 9.17) is 4.42 Å². The molecule has 6 nitrogen and oxygen atoms in total. The fourth-order valence-corrected chi connectivity index (χ4v) is 4.46. The van der Waals surface area contributed by atoms with Crippen molar-refractivity contribution in [3.05, 3.63) is 60.6 Å². The van der Waals surface area contributed by atoms with Crippen molar-refractivity contribution < 1.29 is 9.21 Å². The molecule has 5 rings (SSSR count). The molecule has 1 unspecified atom stereocenters. The number of rotatable bonds is 4. The van der Waals surface area contributed by atoms with E-state index in [9.17, 15) is 4.79 Å². The largest absolute Gasteiger partial charge is 0.440 e. The third kappa shape index (κ3) is 4.02. The van der Waals surface area contributed by atoms with Crippen LogP contribution in [0.2, 0.25) is 0 Å². The molecule has 0 radical (unpaired) electrons.